The third kappa shape index (κ3) is 0.985. The zero-order chi connectivity index (χ0) is 10.5. The standard InChI is InChI=1S/C13H10N2S/c1-2-4-10-9(3-1)12-11(15-10)6-5-8-7-14-16-13(8)12/h1-7,11,14-15H. The fraction of sp³-hybridized carbons (Fsp3) is 0.0769. The third-order valence-corrected chi connectivity index (χ3v) is 4.09. The fourth-order valence-corrected chi connectivity index (χ4v) is 3.36. The average Bonchev–Trinajstić information content (AvgIpc) is 2.91. The van der Waals surface area contributed by atoms with E-state index in [0.29, 0.717) is 6.04 Å². The Hall–Kier alpha value is -1.61. The van der Waals surface area contributed by atoms with E-state index in [9.17, 15) is 0 Å². The molecule has 78 valence electrons. The van der Waals surface area contributed by atoms with Crippen LogP contribution in [0.1, 0.15) is 5.56 Å². The Bertz CT molecular complexity index is 569. The molecule has 2 aliphatic heterocycles. The molecule has 0 saturated heterocycles. The minimum absolute atomic E-state index is 0.344. The first kappa shape index (κ1) is 8.53. The summed E-state index contributed by atoms with van der Waals surface area (Å²) >= 11 is 1.71. The summed E-state index contributed by atoms with van der Waals surface area (Å²) in [6, 6.07) is 8.86. The van der Waals surface area contributed by atoms with Crippen molar-refractivity contribution in [1.29, 1.82) is 0 Å². The van der Waals surface area contributed by atoms with E-state index in [4.69, 9.17) is 0 Å². The Morgan fingerprint density at radius 1 is 1.19 bits per heavy atom. The Morgan fingerprint density at radius 3 is 3.12 bits per heavy atom. The van der Waals surface area contributed by atoms with Gasteiger partial charge >= 0.3 is 0 Å². The highest BCUT2D eigenvalue weighted by atomic mass is 32.2. The van der Waals surface area contributed by atoms with E-state index in [-0.39, 0.29) is 0 Å². The van der Waals surface area contributed by atoms with Crippen molar-refractivity contribution in [3.8, 4) is 0 Å². The Labute approximate surface area is 98.3 Å². The van der Waals surface area contributed by atoms with Gasteiger partial charge in [-0.1, -0.05) is 30.4 Å². The van der Waals surface area contributed by atoms with Crippen molar-refractivity contribution in [3.05, 3.63) is 58.7 Å². The van der Waals surface area contributed by atoms with Crippen LogP contribution in [0.25, 0.3) is 5.57 Å². The van der Waals surface area contributed by atoms with Gasteiger partial charge in [-0.3, -0.25) is 0 Å². The van der Waals surface area contributed by atoms with Gasteiger partial charge in [-0.25, -0.2) is 0 Å². The lowest BCUT2D eigenvalue weighted by molar-refractivity contribution is 1.16. The van der Waals surface area contributed by atoms with Crippen LogP contribution in [0.15, 0.2) is 53.1 Å². The molecule has 0 amide bonds. The van der Waals surface area contributed by atoms with Gasteiger partial charge in [0.15, 0.2) is 0 Å². The molecule has 0 bridgehead atoms. The van der Waals surface area contributed by atoms with E-state index in [1.54, 1.807) is 11.9 Å². The van der Waals surface area contributed by atoms with Crippen LogP contribution in [0.2, 0.25) is 0 Å². The summed E-state index contributed by atoms with van der Waals surface area (Å²) in [6.07, 6.45) is 6.49. The molecule has 0 radical (unpaired) electrons. The first-order valence-electron chi connectivity index (χ1n) is 5.35. The van der Waals surface area contributed by atoms with Gasteiger partial charge in [-0.05, 0) is 18.0 Å². The van der Waals surface area contributed by atoms with Crippen molar-refractivity contribution in [3.63, 3.8) is 0 Å². The molecule has 0 spiro atoms. The van der Waals surface area contributed by atoms with Crippen LogP contribution in [0.4, 0.5) is 5.69 Å². The quantitative estimate of drug-likeness (QED) is 0.665. The SMILES string of the molecule is C1=CC2Nc3ccccc3C2=C2SNC=C12. The van der Waals surface area contributed by atoms with Crippen LogP contribution in [-0.4, -0.2) is 6.04 Å². The molecule has 4 rings (SSSR count). The lowest BCUT2D eigenvalue weighted by atomic mass is 9.95. The van der Waals surface area contributed by atoms with Gasteiger partial charge in [-0.15, -0.1) is 0 Å². The monoisotopic (exact) mass is 226 g/mol. The molecule has 1 unspecified atom stereocenters. The molecule has 3 heteroatoms. The first-order chi connectivity index (χ1) is 7.93. The van der Waals surface area contributed by atoms with Crippen LogP contribution in [0.5, 0.6) is 0 Å². The number of allylic oxidation sites excluding steroid dienone is 2. The van der Waals surface area contributed by atoms with Gasteiger partial charge in [0, 0.05) is 33.5 Å². The van der Waals surface area contributed by atoms with Crippen LogP contribution >= 0.6 is 11.9 Å². The maximum Gasteiger partial charge on any atom is 0.0719 e. The number of hydrogen-bond donors (Lipinski definition) is 2. The summed E-state index contributed by atoms with van der Waals surface area (Å²) < 4.78 is 3.23. The Morgan fingerprint density at radius 2 is 2.12 bits per heavy atom. The summed E-state index contributed by atoms with van der Waals surface area (Å²) in [4.78, 5) is 1.37. The van der Waals surface area contributed by atoms with E-state index >= 15 is 0 Å². The van der Waals surface area contributed by atoms with Crippen LogP contribution in [0, 0.1) is 0 Å². The molecule has 16 heavy (non-hydrogen) atoms. The lowest BCUT2D eigenvalue weighted by Crippen LogP contribution is -2.14. The zero-order valence-electron chi connectivity index (χ0n) is 8.53. The molecular weight excluding hydrogens is 216 g/mol. The van der Waals surface area contributed by atoms with Gasteiger partial charge in [0.1, 0.15) is 0 Å². The molecular formula is C13H10N2S. The molecule has 3 aliphatic rings. The summed E-state index contributed by atoms with van der Waals surface area (Å²) in [5.41, 5.74) is 5.30. The Kier molecular flexibility index (Phi) is 1.57. The molecule has 0 fully saturated rings. The van der Waals surface area contributed by atoms with E-state index in [0.717, 1.165) is 0 Å². The molecule has 1 aromatic rings. The van der Waals surface area contributed by atoms with Crippen molar-refractivity contribution >= 4 is 23.2 Å². The first-order valence-corrected chi connectivity index (χ1v) is 6.16. The van der Waals surface area contributed by atoms with Crippen molar-refractivity contribution in [2.45, 2.75) is 6.04 Å². The predicted octanol–water partition coefficient (Wildman–Crippen LogP) is 2.90. The molecule has 2 N–H and O–H groups in total. The van der Waals surface area contributed by atoms with Gasteiger partial charge in [0.05, 0.1) is 6.04 Å². The number of benzene rings is 1. The highest BCUT2D eigenvalue weighted by Crippen LogP contribution is 2.46. The highest BCUT2D eigenvalue weighted by molar-refractivity contribution is 8.02. The fourth-order valence-electron chi connectivity index (χ4n) is 2.47. The van der Waals surface area contributed by atoms with Gasteiger partial charge < -0.3 is 10.0 Å². The summed E-state index contributed by atoms with van der Waals surface area (Å²) in [5, 5.41) is 3.54. The number of nitrogens with one attached hydrogen (secondary N) is 2. The van der Waals surface area contributed by atoms with E-state index in [1.807, 2.05) is 0 Å². The largest absolute Gasteiger partial charge is 0.374 e. The minimum Gasteiger partial charge on any atom is -0.374 e. The van der Waals surface area contributed by atoms with Crippen molar-refractivity contribution in [2.24, 2.45) is 0 Å². The Balaban J connectivity index is 2.00. The molecule has 2 heterocycles. The van der Waals surface area contributed by atoms with Crippen LogP contribution in [-0.2, 0) is 0 Å². The predicted molar refractivity (Wildman–Crippen MR) is 68.7 cm³/mol. The number of fused-ring (bicyclic) bond motifs is 4. The van der Waals surface area contributed by atoms with E-state index in [2.05, 4.69) is 52.7 Å². The summed E-state index contributed by atoms with van der Waals surface area (Å²) in [7, 11) is 0. The maximum absolute atomic E-state index is 3.54. The maximum atomic E-state index is 3.54. The summed E-state index contributed by atoms with van der Waals surface area (Å²) in [5.74, 6) is 0. The average molecular weight is 226 g/mol. The lowest BCUT2D eigenvalue weighted by Gasteiger charge is -2.16. The zero-order valence-corrected chi connectivity index (χ0v) is 9.34. The second-order valence-electron chi connectivity index (χ2n) is 4.09. The van der Waals surface area contributed by atoms with E-state index < -0.39 is 0 Å². The smallest absolute Gasteiger partial charge is 0.0719 e. The molecule has 1 atom stereocenters. The van der Waals surface area contributed by atoms with Gasteiger partial charge in [0.25, 0.3) is 0 Å². The number of rotatable bonds is 0. The van der Waals surface area contributed by atoms with Crippen molar-refractivity contribution in [2.75, 3.05) is 5.32 Å². The molecule has 0 aromatic heterocycles. The third-order valence-electron chi connectivity index (χ3n) is 3.19. The molecule has 1 aromatic carbocycles. The molecule has 0 saturated carbocycles. The van der Waals surface area contributed by atoms with E-state index in [1.165, 1.54) is 27.3 Å². The second kappa shape index (κ2) is 2.95. The topological polar surface area (TPSA) is 24.1 Å². The molecule has 2 nitrogen and oxygen atoms in total. The normalized spacial score (nSPS) is 24.2. The van der Waals surface area contributed by atoms with Gasteiger partial charge in [0.2, 0.25) is 0 Å². The number of para-hydroxylation sites is 1. The number of hydrogen-bond acceptors (Lipinski definition) is 3. The molecule has 1 aliphatic carbocycles. The highest BCUT2D eigenvalue weighted by Gasteiger charge is 2.32. The van der Waals surface area contributed by atoms with Crippen LogP contribution in [0.3, 0.4) is 0 Å². The van der Waals surface area contributed by atoms with Crippen LogP contribution < -0.4 is 10.0 Å². The second-order valence-corrected chi connectivity index (χ2v) is 4.94. The summed E-state index contributed by atoms with van der Waals surface area (Å²) in [6.45, 7) is 0. The van der Waals surface area contributed by atoms with Gasteiger partial charge in [-0.2, -0.15) is 0 Å². The number of anilines is 1. The van der Waals surface area contributed by atoms with Crippen molar-refractivity contribution < 1.29 is 0 Å². The minimum atomic E-state index is 0.344. The van der Waals surface area contributed by atoms with Crippen molar-refractivity contribution in [1.82, 2.24) is 4.72 Å².